The molecule has 0 aromatic carbocycles. The Morgan fingerprint density at radius 3 is 2.55 bits per heavy atom. The lowest BCUT2D eigenvalue weighted by molar-refractivity contribution is -0.134. The third kappa shape index (κ3) is 1.31. The molecule has 0 spiro atoms. The minimum Gasteiger partial charge on any atom is -0.504 e. The number of rotatable bonds is 1. The van der Waals surface area contributed by atoms with Crippen molar-refractivity contribution in [2.45, 2.75) is 13.3 Å². The average molecular weight is 154 g/mol. The highest BCUT2D eigenvalue weighted by Crippen LogP contribution is 2.23. The first-order chi connectivity index (χ1) is 5.16. The van der Waals surface area contributed by atoms with Crippen molar-refractivity contribution in [3.63, 3.8) is 0 Å². The predicted molar refractivity (Wildman–Crippen MR) is 38.9 cm³/mol. The van der Waals surface area contributed by atoms with Crippen LogP contribution in [0.5, 0.6) is 0 Å². The Balaban J connectivity index is 2.83. The van der Waals surface area contributed by atoms with E-state index >= 15 is 0 Å². The van der Waals surface area contributed by atoms with Gasteiger partial charge < -0.3 is 4.74 Å². The summed E-state index contributed by atoms with van der Waals surface area (Å²) in [4.78, 5) is 22.0. The molecule has 0 saturated heterocycles. The van der Waals surface area contributed by atoms with Crippen molar-refractivity contribution in [2.24, 2.45) is 5.92 Å². The van der Waals surface area contributed by atoms with E-state index in [0.717, 1.165) is 0 Å². The maximum atomic E-state index is 11.0. The van der Waals surface area contributed by atoms with Gasteiger partial charge in [0.1, 0.15) is 0 Å². The second-order valence-corrected chi connectivity index (χ2v) is 2.68. The van der Waals surface area contributed by atoms with Gasteiger partial charge in [0.25, 0.3) is 0 Å². The quantitative estimate of drug-likeness (QED) is 0.317. The van der Waals surface area contributed by atoms with E-state index in [1.165, 1.54) is 13.4 Å². The van der Waals surface area contributed by atoms with Gasteiger partial charge in [0.2, 0.25) is 11.6 Å². The average Bonchev–Trinajstić information content (AvgIpc) is 2.19. The molecule has 1 fully saturated rings. The standard InChI is InChI=1S/C8H10O3/c1-5-3-6(4-11-2)8(10)7(5)9/h4-5H,3H2,1-2H3/b6-4-. The molecule has 11 heavy (non-hydrogen) atoms. The van der Waals surface area contributed by atoms with Crippen LogP contribution in [0, 0.1) is 5.92 Å². The summed E-state index contributed by atoms with van der Waals surface area (Å²) in [6, 6.07) is 0. The molecule has 0 heterocycles. The van der Waals surface area contributed by atoms with E-state index in [-0.39, 0.29) is 17.5 Å². The molecule has 1 aliphatic rings. The number of carbonyl (C=O) groups is 2. The van der Waals surface area contributed by atoms with E-state index in [4.69, 9.17) is 0 Å². The topological polar surface area (TPSA) is 43.4 Å². The smallest absolute Gasteiger partial charge is 0.227 e. The Morgan fingerprint density at radius 2 is 2.18 bits per heavy atom. The fourth-order valence-corrected chi connectivity index (χ4v) is 1.14. The number of hydrogen-bond donors (Lipinski definition) is 0. The first kappa shape index (κ1) is 7.98. The third-order valence-corrected chi connectivity index (χ3v) is 1.75. The van der Waals surface area contributed by atoms with Gasteiger partial charge >= 0.3 is 0 Å². The lowest BCUT2D eigenvalue weighted by Crippen LogP contribution is -2.10. The molecule has 1 atom stereocenters. The van der Waals surface area contributed by atoms with Gasteiger partial charge in [-0.05, 0) is 6.42 Å². The predicted octanol–water partition coefficient (Wildman–Crippen LogP) is 0.695. The van der Waals surface area contributed by atoms with Crippen molar-refractivity contribution in [1.29, 1.82) is 0 Å². The van der Waals surface area contributed by atoms with Crippen LogP contribution in [-0.4, -0.2) is 18.7 Å². The zero-order valence-electron chi connectivity index (χ0n) is 6.59. The Kier molecular flexibility index (Phi) is 2.08. The van der Waals surface area contributed by atoms with E-state index in [1.807, 2.05) is 0 Å². The summed E-state index contributed by atoms with van der Waals surface area (Å²) >= 11 is 0. The van der Waals surface area contributed by atoms with Crippen LogP contribution in [0.15, 0.2) is 11.8 Å². The molecule has 0 aliphatic heterocycles. The fourth-order valence-electron chi connectivity index (χ4n) is 1.14. The molecule has 0 aromatic rings. The third-order valence-electron chi connectivity index (χ3n) is 1.75. The highest BCUT2D eigenvalue weighted by atomic mass is 16.5. The second-order valence-electron chi connectivity index (χ2n) is 2.68. The van der Waals surface area contributed by atoms with Crippen LogP contribution in [0.3, 0.4) is 0 Å². The number of Topliss-reactive ketones (excluding diaryl/α,β-unsaturated/α-hetero) is 2. The zero-order chi connectivity index (χ0) is 8.43. The van der Waals surface area contributed by atoms with E-state index in [9.17, 15) is 9.59 Å². The number of ketones is 2. The molecule has 0 amide bonds. The van der Waals surface area contributed by atoms with Crippen molar-refractivity contribution >= 4 is 11.6 Å². The van der Waals surface area contributed by atoms with Crippen LogP contribution in [0.2, 0.25) is 0 Å². The molecule has 3 heteroatoms. The molecule has 1 rings (SSSR count). The highest BCUT2D eigenvalue weighted by molar-refractivity contribution is 6.46. The SMILES string of the molecule is CO/C=C1/CC(C)C(=O)C1=O. The lowest BCUT2D eigenvalue weighted by Gasteiger charge is -1.91. The maximum Gasteiger partial charge on any atom is 0.227 e. The van der Waals surface area contributed by atoms with Crippen molar-refractivity contribution in [2.75, 3.05) is 7.11 Å². The van der Waals surface area contributed by atoms with Crippen molar-refractivity contribution in [3.8, 4) is 0 Å². The molecule has 1 aliphatic carbocycles. The Labute approximate surface area is 65.0 Å². The molecular weight excluding hydrogens is 144 g/mol. The highest BCUT2D eigenvalue weighted by Gasteiger charge is 2.33. The number of hydrogen-bond acceptors (Lipinski definition) is 3. The van der Waals surface area contributed by atoms with Gasteiger partial charge in [-0.25, -0.2) is 0 Å². The Hall–Kier alpha value is -1.12. The van der Waals surface area contributed by atoms with Crippen LogP contribution < -0.4 is 0 Å². The summed E-state index contributed by atoms with van der Waals surface area (Å²) in [5, 5.41) is 0. The normalized spacial score (nSPS) is 28.2. The fraction of sp³-hybridized carbons (Fsp3) is 0.500. The first-order valence-corrected chi connectivity index (χ1v) is 3.47. The summed E-state index contributed by atoms with van der Waals surface area (Å²) < 4.78 is 4.66. The minimum absolute atomic E-state index is 0.163. The van der Waals surface area contributed by atoms with E-state index < -0.39 is 0 Å². The Bertz CT molecular complexity index is 227. The first-order valence-electron chi connectivity index (χ1n) is 3.47. The van der Waals surface area contributed by atoms with Crippen LogP contribution >= 0.6 is 0 Å². The molecular formula is C8H10O3. The summed E-state index contributed by atoms with van der Waals surface area (Å²) in [7, 11) is 1.47. The largest absolute Gasteiger partial charge is 0.504 e. The summed E-state index contributed by atoms with van der Waals surface area (Å²) in [5.41, 5.74) is 0.491. The second kappa shape index (κ2) is 2.86. The van der Waals surface area contributed by atoms with Gasteiger partial charge in [-0.15, -0.1) is 0 Å². The molecule has 1 unspecified atom stereocenters. The van der Waals surface area contributed by atoms with E-state index in [0.29, 0.717) is 12.0 Å². The lowest BCUT2D eigenvalue weighted by atomic mass is 10.1. The molecule has 3 nitrogen and oxygen atoms in total. The van der Waals surface area contributed by atoms with Crippen molar-refractivity contribution in [3.05, 3.63) is 11.8 Å². The van der Waals surface area contributed by atoms with Crippen molar-refractivity contribution < 1.29 is 14.3 Å². The van der Waals surface area contributed by atoms with Gasteiger partial charge in [0, 0.05) is 11.5 Å². The molecule has 0 aromatic heterocycles. The monoisotopic (exact) mass is 154 g/mol. The molecule has 0 bridgehead atoms. The summed E-state index contributed by atoms with van der Waals surface area (Å²) in [6.45, 7) is 1.75. The van der Waals surface area contributed by atoms with Gasteiger partial charge in [-0.1, -0.05) is 6.92 Å². The van der Waals surface area contributed by atoms with Gasteiger partial charge in [-0.2, -0.15) is 0 Å². The van der Waals surface area contributed by atoms with Crippen LogP contribution in [0.1, 0.15) is 13.3 Å². The van der Waals surface area contributed by atoms with Crippen LogP contribution in [0.25, 0.3) is 0 Å². The number of allylic oxidation sites excluding steroid dienone is 1. The number of ether oxygens (including phenoxy) is 1. The molecule has 1 saturated carbocycles. The number of carbonyl (C=O) groups excluding carboxylic acids is 2. The zero-order valence-corrected chi connectivity index (χ0v) is 6.59. The van der Waals surface area contributed by atoms with E-state index in [1.54, 1.807) is 6.92 Å². The Morgan fingerprint density at radius 1 is 1.55 bits per heavy atom. The van der Waals surface area contributed by atoms with Crippen molar-refractivity contribution in [1.82, 2.24) is 0 Å². The maximum absolute atomic E-state index is 11.0. The van der Waals surface area contributed by atoms with Crippen LogP contribution in [0.4, 0.5) is 0 Å². The number of methoxy groups -OCH3 is 1. The minimum atomic E-state index is -0.389. The molecule has 0 radical (unpaired) electrons. The van der Waals surface area contributed by atoms with Gasteiger partial charge in [0.15, 0.2) is 0 Å². The van der Waals surface area contributed by atoms with Crippen LogP contribution in [-0.2, 0) is 14.3 Å². The molecule has 60 valence electrons. The van der Waals surface area contributed by atoms with Gasteiger partial charge in [0.05, 0.1) is 13.4 Å². The van der Waals surface area contributed by atoms with E-state index in [2.05, 4.69) is 4.74 Å². The van der Waals surface area contributed by atoms with Gasteiger partial charge in [-0.3, -0.25) is 9.59 Å². The summed E-state index contributed by atoms with van der Waals surface area (Å²) in [5.74, 6) is -0.850. The molecule has 0 N–H and O–H groups in total. The summed E-state index contributed by atoms with van der Waals surface area (Å²) in [6.07, 6.45) is 1.87.